The molecule has 1 rings (SSSR count). The van der Waals surface area contributed by atoms with Crippen molar-refractivity contribution in [2.75, 3.05) is 0 Å². The molecular weight excluding hydrogens is 110 g/mol. The summed E-state index contributed by atoms with van der Waals surface area (Å²) in [7, 11) is 0. The summed E-state index contributed by atoms with van der Waals surface area (Å²) >= 11 is 0. The minimum Gasteiger partial charge on any atom is -0.324 e. The summed E-state index contributed by atoms with van der Waals surface area (Å²) in [5.74, 6) is 0. The number of allylic oxidation sites excluding steroid dienone is 2. The monoisotopic (exact) mass is 123 g/mol. The van der Waals surface area contributed by atoms with Crippen LogP contribution in [0.5, 0.6) is 0 Å². The molecule has 0 saturated heterocycles. The van der Waals surface area contributed by atoms with E-state index in [0.29, 0.717) is 0 Å². The first-order valence-electron chi connectivity index (χ1n) is 3.44. The maximum Gasteiger partial charge on any atom is 0.0264 e. The quantitative estimate of drug-likeness (QED) is 0.563. The van der Waals surface area contributed by atoms with E-state index in [1.165, 1.54) is 5.57 Å². The zero-order valence-electron chi connectivity index (χ0n) is 5.80. The molecule has 1 heteroatoms. The molecule has 0 aliphatic heterocycles. The van der Waals surface area contributed by atoms with Crippen molar-refractivity contribution in [1.82, 2.24) is 0 Å². The van der Waals surface area contributed by atoms with Crippen molar-refractivity contribution in [1.29, 1.82) is 0 Å². The molecule has 1 atom stereocenters. The fraction of sp³-hybridized carbons (Fsp3) is 0.500. The standard InChI is InChI=1S/C8H13N/c1-2-7-4-3-5-8(9)6-7/h3-5,8H,2,6,9H2,1H3/t8-/m1/s1. The predicted octanol–water partition coefficient (Wildman–Crippen LogP) is 1.61. The highest BCUT2D eigenvalue weighted by atomic mass is 14.6. The van der Waals surface area contributed by atoms with Crippen molar-refractivity contribution in [3.8, 4) is 0 Å². The molecule has 9 heavy (non-hydrogen) atoms. The molecule has 1 aliphatic carbocycles. The van der Waals surface area contributed by atoms with Gasteiger partial charge in [0, 0.05) is 6.04 Å². The van der Waals surface area contributed by atoms with E-state index >= 15 is 0 Å². The molecule has 0 amide bonds. The molecule has 0 fully saturated rings. The molecule has 0 aromatic carbocycles. The minimum atomic E-state index is 0.268. The lowest BCUT2D eigenvalue weighted by Gasteiger charge is -2.11. The fourth-order valence-electron chi connectivity index (χ4n) is 1.04. The van der Waals surface area contributed by atoms with Gasteiger partial charge >= 0.3 is 0 Å². The van der Waals surface area contributed by atoms with Gasteiger partial charge in [-0.3, -0.25) is 0 Å². The van der Waals surface area contributed by atoms with Crippen LogP contribution in [0.1, 0.15) is 19.8 Å². The lowest BCUT2D eigenvalue weighted by Crippen LogP contribution is -2.18. The Kier molecular flexibility index (Phi) is 2.06. The minimum absolute atomic E-state index is 0.268. The Labute approximate surface area is 56.2 Å². The second-order valence-corrected chi connectivity index (χ2v) is 2.43. The van der Waals surface area contributed by atoms with Gasteiger partial charge in [-0.15, -0.1) is 0 Å². The predicted molar refractivity (Wildman–Crippen MR) is 40.1 cm³/mol. The van der Waals surface area contributed by atoms with Gasteiger partial charge in [-0.05, 0) is 12.8 Å². The van der Waals surface area contributed by atoms with Crippen LogP contribution < -0.4 is 5.73 Å². The maximum atomic E-state index is 5.67. The molecule has 1 nitrogen and oxygen atoms in total. The number of rotatable bonds is 1. The van der Waals surface area contributed by atoms with Gasteiger partial charge in [0.1, 0.15) is 0 Å². The van der Waals surface area contributed by atoms with E-state index in [2.05, 4.69) is 13.0 Å². The molecule has 0 bridgehead atoms. The average molecular weight is 123 g/mol. The largest absolute Gasteiger partial charge is 0.324 e. The van der Waals surface area contributed by atoms with Gasteiger partial charge in [0.15, 0.2) is 0 Å². The van der Waals surface area contributed by atoms with Crippen LogP contribution in [0.4, 0.5) is 0 Å². The van der Waals surface area contributed by atoms with Crippen molar-refractivity contribution in [2.24, 2.45) is 5.73 Å². The summed E-state index contributed by atoms with van der Waals surface area (Å²) in [6, 6.07) is 0.268. The molecule has 0 saturated carbocycles. The highest BCUT2D eigenvalue weighted by Crippen LogP contribution is 2.13. The molecule has 0 radical (unpaired) electrons. The van der Waals surface area contributed by atoms with E-state index < -0.39 is 0 Å². The van der Waals surface area contributed by atoms with Crippen LogP contribution >= 0.6 is 0 Å². The van der Waals surface area contributed by atoms with Crippen LogP contribution in [0.3, 0.4) is 0 Å². The van der Waals surface area contributed by atoms with Gasteiger partial charge in [0.2, 0.25) is 0 Å². The molecular formula is C8H13N. The summed E-state index contributed by atoms with van der Waals surface area (Å²) in [6.45, 7) is 2.16. The van der Waals surface area contributed by atoms with E-state index in [4.69, 9.17) is 5.73 Å². The zero-order valence-corrected chi connectivity index (χ0v) is 5.80. The Bertz CT molecular complexity index is 145. The topological polar surface area (TPSA) is 26.0 Å². The highest BCUT2D eigenvalue weighted by molar-refractivity contribution is 5.20. The van der Waals surface area contributed by atoms with Crippen molar-refractivity contribution in [2.45, 2.75) is 25.8 Å². The van der Waals surface area contributed by atoms with E-state index in [9.17, 15) is 0 Å². The van der Waals surface area contributed by atoms with E-state index in [1.807, 2.05) is 12.2 Å². The Hall–Kier alpha value is -0.560. The first kappa shape index (κ1) is 6.56. The molecule has 1 aliphatic rings. The second kappa shape index (κ2) is 2.83. The number of nitrogens with two attached hydrogens (primary N) is 1. The smallest absolute Gasteiger partial charge is 0.0264 e. The molecule has 0 aromatic heterocycles. The SMILES string of the molecule is CCC1=CC=C[C@@H](N)C1. The molecule has 0 heterocycles. The Morgan fingerprint density at radius 2 is 2.56 bits per heavy atom. The third-order valence-corrected chi connectivity index (χ3v) is 1.64. The molecule has 0 aromatic rings. The third kappa shape index (κ3) is 1.68. The number of hydrogen-bond acceptors (Lipinski definition) is 1. The van der Waals surface area contributed by atoms with Gasteiger partial charge in [-0.1, -0.05) is 30.7 Å². The zero-order chi connectivity index (χ0) is 6.69. The first-order chi connectivity index (χ1) is 4.33. The molecule has 50 valence electrons. The second-order valence-electron chi connectivity index (χ2n) is 2.43. The summed E-state index contributed by atoms with van der Waals surface area (Å²) in [5, 5.41) is 0. The van der Waals surface area contributed by atoms with E-state index in [-0.39, 0.29) is 6.04 Å². The van der Waals surface area contributed by atoms with Crippen LogP contribution in [-0.2, 0) is 0 Å². The molecule has 0 spiro atoms. The maximum absolute atomic E-state index is 5.67. The van der Waals surface area contributed by atoms with Crippen LogP contribution in [0, 0.1) is 0 Å². The average Bonchev–Trinajstić information content (AvgIpc) is 1.88. The number of hydrogen-bond donors (Lipinski definition) is 1. The highest BCUT2D eigenvalue weighted by Gasteiger charge is 2.03. The summed E-state index contributed by atoms with van der Waals surface area (Å²) in [5.41, 5.74) is 7.14. The van der Waals surface area contributed by atoms with Crippen molar-refractivity contribution >= 4 is 0 Å². The van der Waals surface area contributed by atoms with Crippen LogP contribution in [-0.4, -0.2) is 6.04 Å². The molecule has 2 N–H and O–H groups in total. The lowest BCUT2D eigenvalue weighted by atomic mass is 10.00. The van der Waals surface area contributed by atoms with Crippen LogP contribution in [0.25, 0.3) is 0 Å². The normalized spacial score (nSPS) is 26.0. The van der Waals surface area contributed by atoms with E-state index in [0.717, 1.165) is 12.8 Å². The third-order valence-electron chi connectivity index (χ3n) is 1.64. The summed E-state index contributed by atoms with van der Waals surface area (Å²) in [6.07, 6.45) is 8.43. The van der Waals surface area contributed by atoms with E-state index in [1.54, 1.807) is 0 Å². The first-order valence-corrected chi connectivity index (χ1v) is 3.44. The summed E-state index contributed by atoms with van der Waals surface area (Å²) in [4.78, 5) is 0. The van der Waals surface area contributed by atoms with Crippen molar-refractivity contribution in [3.05, 3.63) is 23.8 Å². The van der Waals surface area contributed by atoms with Crippen LogP contribution in [0.15, 0.2) is 23.8 Å². The summed E-state index contributed by atoms with van der Waals surface area (Å²) < 4.78 is 0. The Morgan fingerprint density at radius 1 is 1.78 bits per heavy atom. The fourth-order valence-corrected chi connectivity index (χ4v) is 1.04. The van der Waals surface area contributed by atoms with Gasteiger partial charge in [-0.25, -0.2) is 0 Å². The Morgan fingerprint density at radius 3 is 3.00 bits per heavy atom. The van der Waals surface area contributed by atoms with Crippen molar-refractivity contribution < 1.29 is 0 Å². The van der Waals surface area contributed by atoms with Gasteiger partial charge in [-0.2, -0.15) is 0 Å². The van der Waals surface area contributed by atoms with Gasteiger partial charge in [0.05, 0.1) is 0 Å². The van der Waals surface area contributed by atoms with Crippen LogP contribution in [0.2, 0.25) is 0 Å². The molecule has 0 unspecified atom stereocenters. The Balaban J connectivity index is 2.55. The van der Waals surface area contributed by atoms with Gasteiger partial charge < -0.3 is 5.73 Å². The van der Waals surface area contributed by atoms with Gasteiger partial charge in [0.25, 0.3) is 0 Å². The van der Waals surface area contributed by atoms with Crippen molar-refractivity contribution in [3.63, 3.8) is 0 Å². The lowest BCUT2D eigenvalue weighted by molar-refractivity contribution is 0.765.